The van der Waals surface area contributed by atoms with E-state index in [1.54, 1.807) is 21.0 Å². The molecule has 2 fully saturated rings. The summed E-state index contributed by atoms with van der Waals surface area (Å²) in [6.45, 7) is 6.31. The van der Waals surface area contributed by atoms with Crippen LogP contribution in [0.1, 0.15) is 74.1 Å². The third-order valence-electron chi connectivity index (χ3n) is 12.3. The first kappa shape index (κ1) is 39.8. The molecule has 2 aromatic carbocycles. The molecule has 7 rings (SSSR count). The van der Waals surface area contributed by atoms with E-state index >= 15 is 0 Å². The van der Waals surface area contributed by atoms with Crippen LogP contribution in [0.5, 0.6) is 17.2 Å². The first-order valence-electron chi connectivity index (χ1n) is 19.6. The van der Waals surface area contributed by atoms with Gasteiger partial charge in [-0.3, -0.25) is 14.6 Å². The average Bonchev–Trinajstić information content (AvgIpc) is 3.88. The molecule has 13 nitrogen and oxygen atoms in total. The summed E-state index contributed by atoms with van der Waals surface area (Å²) in [6, 6.07) is 5.70. The Balaban J connectivity index is 1.34. The highest BCUT2D eigenvalue weighted by molar-refractivity contribution is 6.11. The van der Waals surface area contributed by atoms with Crippen LogP contribution in [0.15, 0.2) is 40.1 Å². The van der Waals surface area contributed by atoms with Crippen LogP contribution in [0.3, 0.4) is 0 Å². The van der Waals surface area contributed by atoms with E-state index in [1.807, 2.05) is 24.3 Å². The van der Waals surface area contributed by atoms with E-state index in [-0.39, 0.29) is 66.0 Å². The summed E-state index contributed by atoms with van der Waals surface area (Å²) < 4.78 is 29.6. The number of allylic oxidation sites excluding steroid dienone is 3. The van der Waals surface area contributed by atoms with Gasteiger partial charge in [-0.05, 0) is 87.9 Å². The Kier molecular flexibility index (Phi) is 11.8. The maximum Gasteiger partial charge on any atom is 0.375 e. The molecule has 0 radical (unpaired) electrons. The lowest BCUT2D eigenvalue weighted by molar-refractivity contribution is -0.141. The predicted octanol–water partition coefficient (Wildman–Crippen LogP) is 2.32. The number of hydrogen-bond donors (Lipinski definition) is 3. The second-order valence-electron chi connectivity index (χ2n) is 15.4. The standard InChI is InChI=1S/C43H52N2O11/c1-5-54-42(50)41-31(22-47)35(26-18-27(21-46)37(49)29(19-26)24-7-8-33-25(17-24)9-12-44-33)36-39(53-4)30-20-34(55-38(30)32(23-48)40(36)56-41)43(2,51)28-10-14-45(15-11-28)13-6-16-52-3/h7-9,17,22,27-29,34,46,48,51H,5-6,10-16,18-21,23H2,1-4H3. The second-order valence-corrected chi connectivity index (χ2v) is 15.4. The smallest absolute Gasteiger partial charge is 0.375 e. The van der Waals surface area contributed by atoms with Crippen molar-refractivity contribution in [3.8, 4) is 17.2 Å². The quantitative estimate of drug-likeness (QED) is 0.154. The summed E-state index contributed by atoms with van der Waals surface area (Å²) >= 11 is 0. The third-order valence-corrected chi connectivity index (χ3v) is 12.3. The van der Waals surface area contributed by atoms with Gasteiger partial charge in [0.05, 0.1) is 55.5 Å². The number of methoxy groups -OCH3 is 2. The summed E-state index contributed by atoms with van der Waals surface area (Å²) in [6.07, 6.45) is 4.83. The Morgan fingerprint density at radius 3 is 2.59 bits per heavy atom. The van der Waals surface area contributed by atoms with Crippen molar-refractivity contribution in [2.24, 2.45) is 16.8 Å². The van der Waals surface area contributed by atoms with E-state index in [4.69, 9.17) is 23.7 Å². The van der Waals surface area contributed by atoms with Gasteiger partial charge in [-0.15, -0.1) is 0 Å². The monoisotopic (exact) mass is 772 g/mol. The maximum absolute atomic E-state index is 14.0. The van der Waals surface area contributed by atoms with Crippen molar-refractivity contribution in [2.75, 3.05) is 60.2 Å². The van der Waals surface area contributed by atoms with Crippen molar-refractivity contribution < 1.29 is 53.4 Å². The molecule has 4 aliphatic heterocycles. The Hall–Kier alpha value is -4.40. The van der Waals surface area contributed by atoms with Gasteiger partial charge in [0.1, 0.15) is 34.7 Å². The Bertz CT molecular complexity index is 2080. The number of likely N-dealkylation sites (tertiary alicyclic amines) is 1. The van der Waals surface area contributed by atoms with Crippen LogP contribution in [0.2, 0.25) is 0 Å². The Morgan fingerprint density at radius 2 is 1.91 bits per heavy atom. The van der Waals surface area contributed by atoms with Gasteiger partial charge in [0, 0.05) is 49.7 Å². The van der Waals surface area contributed by atoms with Gasteiger partial charge >= 0.3 is 5.97 Å². The van der Waals surface area contributed by atoms with Gasteiger partial charge in [0.15, 0.2) is 6.29 Å². The summed E-state index contributed by atoms with van der Waals surface area (Å²) in [5.74, 6) is -2.24. The van der Waals surface area contributed by atoms with E-state index in [2.05, 4.69) is 9.89 Å². The van der Waals surface area contributed by atoms with Gasteiger partial charge in [0.25, 0.3) is 0 Å². The number of hydrogen-bond acceptors (Lipinski definition) is 13. The number of ketones is 1. The molecule has 0 amide bonds. The average molecular weight is 773 g/mol. The number of carbonyl (C=O) groups excluding carboxylic acids is 3. The van der Waals surface area contributed by atoms with Crippen molar-refractivity contribution >= 4 is 29.7 Å². The fourth-order valence-electron chi connectivity index (χ4n) is 9.29. The minimum Gasteiger partial charge on any atom is -0.496 e. The zero-order chi connectivity index (χ0) is 39.7. The number of ether oxygens (including phenoxy) is 5. The number of carbonyl (C=O) groups is 3. The number of Topliss-reactive ketones (excluding diaryl/α,β-unsaturated/α-hetero) is 1. The molecule has 13 heteroatoms. The molecule has 2 aromatic rings. The molecule has 4 atom stereocenters. The molecule has 3 N–H and O–H groups in total. The van der Waals surface area contributed by atoms with Crippen LogP contribution in [0, 0.1) is 11.8 Å². The SMILES string of the molecule is CCOC(=O)C1=C(C=O)C(=C2CC(CO)C(=O)C(c3ccc4c(c3)=CCN=4)C2)c2c(OC)c3c(c(CO)c2O1)OC(C(C)(O)C1CCN(CCCOC)CC1)C3. The first-order valence-corrected chi connectivity index (χ1v) is 19.6. The number of nitrogens with zero attached hydrogens (tertiary/aromatic N) is 2. The zero-order valence-corrected chi connectivity index (χ0v) is 32.6. The molecule has 1 saturated carbocycles. The number of aliphatic hydroxyl groups excluding tert-OH is 2. The summed E-state index contributed by atoms with van der Waals surface area (Å²) in [7, 11) is 3.19. The summed E-state index contributed by atoms with van der Waals surface area (Å²) in [5, 5.41) is 35.6. The lowest BCUT2D eigenvalue weighted by Gasteiger charge is -2.42. The lowest BCUT2D eigenvalue weighted by atomic mass is 9.71. The van der Waals surface area contributed by atoms with Crippen molar-refractivity contribution in [1.82, 2.24) is 4.90 Å². The highest BCUT2D eigenvalue weighted by Gasteiger charge is 2.49. The molecule has 0 aromatic heterocycles. The van der Waals surface area contributed by atoms with Crippen LogP contribution >= 0.6 is 0 Å². The number of aliphatic hydroxyl groups is 3. The van der Waals surface area contributed by atoms with Crippen LogP contribution in [-0.2, 0) is 36.9 Å². The fourth-order valence-corrected chi connectivity index (χ4v) is 9.29. The number of fused-ring (bicyclic) bond motifs is 3. The molecule has 0 bridgehead atoms. The summed E-state index contributed by atoms with van der Waals surface area (Å²) in [5.41, 5.74) is 1.52. The molecule has 4 unspecified atom stereocenters. The highest BCUT2D eigenvalue weighted by atomic mass is 16.6. The summed E-state index contributed by atoms with van der Waals surface area (Å²) in [4.78, 5) is 47.6. The molecule has 56 heavy (non-hydrogen) atoms. The van der Waals surface area contributed by atoms with Crippen LogP contribution in [0.25, 0.3) is 11.6 Å². The normalized spacial score (nSPS) is 24.6. The first-order chi connectivity index (χ1) is 27.1. The lowest BCUT2D eigenvalue weighted by Crippen LogP contribution is -2.52. The van der Waals surface area contributed by atoms with Crippen molar-refractivity contribution in [1.29, 1.82) is 0 Å². The largest absolute Gasteiger partial charge is 0.496 e. The topological polar surface area (TPSA) is 174 Å². The molecule has 0 spiro atoms. The van der Waals surface area contributed by atoms with Gasteiger partial charge in [-0.2, -0.15) is 0 Å². The van der Waals surface area contributed by atoms with Crippen molar-refractivity contribution in [2.45, 2.75) is 76.6 Å². The highest BCUT2D eigenvalue weighted by Crippen LogP contribution is 2.57. The van der Waals surface area contributed by atoms with Crippen LogP contribution in [-0.4, -0.2) is 110 Å². The number of rotatable bonds is 13. The minimum atomic E-state index is -1.26. The molecule has 1 saturated heterocycles. The number of esters is 1. The number of aldehydes is 1. The van der Waals surface area contributed by atoms with E-state index < -0.39 is 42.7 Å². The molecule has 4 heterocycles. The van der Waals surface area contributed by atoms with Crippen LogP contribution < -0.4 is 24.8 Å². The van der Waals surface area contributed by atoms with Crippen molar-refractivity contribution in [3.63, 3.8) is 0 Å². The van der Waals surface area contributed by atoms with Crippen LogP contribution in [0.4, 0.5) is 0 Å². The van der Waals surface area contributed by atoms with Gasteiger partial charge in [-0.1, -0.05) is 17.7 Å². The van der Waals surface area contributed by atoms with E-state index in [9.17, 15) is 29.7 Å². The molecule has 5 aliphatic rings. The number of piperidine rings is 1. The third kappa shape index (κ3) is 7.08. The zero-order valence-electron chi connectivity index (χ0n) is 32.6. The molecular formula is C43H52N2O11. The molecule has 300 valence electrons. The van der Waals surface area contributed by atoms with Gasteiger partial charge < -0.3 is 43.9 Å². The maximum atomic E-state index is 14.0. The van der Waals surface area contributed by atoms with Crippen molar-refractivity contribution in [3.05, 3.63) is 67.9 Å². The van der Waals surface area contributed by atoms with E-state index in [0.717, 1.165) is 55.0 Å². The minimum absolute atomic E-state index is 0.00765. The number of benzene rings is 2. The van der Waals surface area contributed by atoms with E-state index in [1.165, 1.54) is 7.11 Å². The molecular weight excluding hydrogens is 720 g/mol. The van der Waals surface area contributed by atoms with Gasteiger partial charge in [0.2, 0.25) is 5.76 Å². The fraction of sp³-hybridized carbons (Fsp3) is 0.535. The van der Waals surface area contributed by atoms with E-state index in [0.29, 0.717) is 47.5 Å². The Morgan fingerprint density at radius 1 is 1.12 bits per heavy atom. The Labute approximate surface area is 326 Å². The second kappa shape index (κ2) is 16.6. The van der Waals surface area contributed by atoms with Gasteiger partial charge in [-0.25, -0.2) is 4.79 Å². The predicted molar refractivity (Wildman–Crippen MR) is 205 cm³/mol. The molecule has 1 aliphatic carbocycles.